The van der Waals surface area contributed by atoms with Crippen LogP contribution in [0, 0.1) is 0 Å². The first-order valence-electron chi connectivity index (χ1n) is 14.4. The molecule has 292 valence electrons. The Balaban J connectivity index is 0.000000399. The second kappa shape index (κ2) is 19.3. The third-order valence-corrected chi connectivity index (χ3v) is 9.47. The first-order valence-corrected chi connectivity index (χ1v) is 19.2. The van der Waals surface area contributed by atoms with Gasteiger partial charge in [0.1, 0.15) is 18.1 Å². The zero-order valence-electron chi connectivity index (χ0n) is 27.0. The fourth-order valence-corrected chi connectivity index (χ4v) is 5.32. The Labute approximate surface area is 298 Å². The van der Waals surface area contributed by atoms with Gasteiger partial charge in [0.25, 0.3) is 5.52 Å². The molecule has 3 aromatic rings. The molecule has 3 aromatic carbocycles. The summed E-state index contributed by atoms with van der Waals surface area (Å²) in [4.78, 5) is 94.9. The highest BCUT2D eigenvalue weighted by atomic mass is 31.2. The summed E-state index contributed by atoms with van der Waals surface area (Å²) in [5.74, 6) is -3.49. The molecule has 0 aromatic heterocycles. The van der Waals surface area contributed by atoms with E-state index >= 15 is 0 Å². The molecule has 15 N–H and O–H groups in total. The predicted octanol–water partition coefficient (Wildman–Crippen LogP) is 0.271. The minimum Gasteiger partial charge on any atom is -0.480 e. The minimum absolute atomic E-state index is 0.0692. The summed E-state index contributed by atoms with van der Waals surface area (Å²) in [7, 11) is -14.6. The van der Waals surface area contributed by atoms with Crippen LogP contribution in [0.25, 0.3) is 0 Å². The molecule has 0 amide bonds. The van der Waals surface area contributed by atoms with Crippen LogP contribution in [0.1, 0.15) is 32.6 Å². The average molecular weight is 814 g/mol. The maximum absolute atomic E-state index is 13.3. The van der Waals surface area contributed by atoms with Gasteiger partial charge < -0.3 is 61.9 Å². The van der Waals surface area contributed by atoms with Crippen LogP contribution >= 0.6 is 22.8 Å². The molecule has 0 heterocycles. The predicted molar refractivity (Wildman–Crippen MR) is 181 cm³/mol. The molecule has 3 rings (SSSR count). The monoisotopic (exact) mass is 813 g/mol. The van der Waals surface area contributed by atoms with Crippen LogP contribution in [0.15, 0.2) is 72.8 Å². The van der Waals surface area contributed by atoms with Crippen molar-refractivity contribution in [3.05, 3.63) is 101 Å². The van der Waals surface area contributed by atoms with Gasteiger partial charge in [-0.15, -0.1) is 0 Å². The molecule has 24 heteroatoms. The topological polar surface area (TPSA) is 380 Å². The van der Waals surface area contributed by atoms with E-state index in [-0.39, 0.29) is 30.1 Å². The number of carboxylic acid groups (broad SMARTS) is 3. The number of hydrogen-bond acceptors (Lipinski definition) is 10. The fourth-order valence-electron chi connectivity index (χ4n) is 3.81. The maximum Gasteiger partial charge on any atom is 0.399 e. The van der Waals surface area contributed by atoms with Gasteiger partial charge >= 0.3 is 46.4 Å². The highest BCUT2D eigenvalue weighted by Crippen LogP contribution is 2.59. The second-order valence-electron chi connectivity index (χ2n) is 11.0. The van der Waals surface area contributed by atoms with Crippen molar-refractivity contribution in [3.63, 3.8) is 0 Å². The van der Waals surface area contributed by atoms with E-state index in [1.807, 2.05) is 0 Å². The van der Waals surface area contributed by atoms with E-state index in [9.17, 15) is 41.7 Å². The van der Waals surface area contributed by atoms with Crippen molar-refractivity contribution < 1.29 is 86.3 Å². The van der Waals surface area contributed by atoms with Crippen molar-refractivity contribution in [2.24, 2.45) is 17.2 Å². The lowest BCUT2D eigenvalue weighted by molar-refractivity contribution is -0.139. The second-order valence-corrected chi connectivity index (χ2v) is 15.7. The molecule has 0 unspecified atom stereocenters. The Bertz CT molecular complexity index is 1880. The first kappa shape index (κ1) is 47.0. The summed E-state index contributed by atoms with van der Waals surface area (Å²) in [6.07, 6.45) is 0.119. The van der Waals surface area contributed by atoms with Crippen molar-refractivity contribution in [2.75, 3.05) is 0 Å². The van der Waals surface area contributed by atoms with E-state index in [4.69, 9.17) is 61.9 Å². The van der Waals surface area contributed by atoms with Crippen LogP contribution in [0.5, 0.6) is 0 Å². The van der Waals surface area contributed by atoms with Gasteiger partial charge in [-0.25, -0.2) is 0 Å². The molecule has 0 saturated carbocycles. The summed E-state index contributed by atoms with van der Waals surface area (Å²) < 4.78 is 58.8. The molecule has 3 atom stereocenters. The number of hydrogen-bond donors (Lipinski definition) is 12. The molecule has 53 heavy (non-hydrogen) atoms. The quantitative estimate of drug-likeness (QED) is 0.0972. The van der Waals surface area contributed by atoms with Gasteiger partial charge in [-0.3, -0.25) is 32.9 Å². The first-order chi connectivity index (χ1) is 24.1. The van der Waals surface area contributed by atoms with Crippen molar-refractivity contribution >= 4 is 51.5 Å². The zero-order chi connectivity index (χ0) is 41.1. The number of halogens is 2. The van der Waals surface area contributed by atoms with Crippen LogP contribution in [0.3, 0.4) is 0 Å². The summed E-state index contributed by atoms with van der Waals surface area (Å²) in [6, 6.07) is 11.5. The van der Waals surface area contributed by atoms with Gasteiger partial charge in [0.2, 0.25) is 0 Å². The van der Waals surface area contributed by atoms with E-state index in [2.05, 4.69) is 0 Å². The minimum atomic E-state index is -5.60. The Morgan fingerprint density at radius 3 is 1.13 bits per heavy atom. The Kier molecular flexibility index (Phi) is 17.1. The van der Waals surface area contributed by atoms with Gasteiger partial charge in [0, 0.05) is 11.1 Å². The number of carboxylic acids is 3. The van der Waals surface area contributed by atoms with Crippen molar-refractivity contribution in [2.45, 2.75) is 43.1 Å². The molecule has 0 radical (unpaired) electrons. The third-order valence-electron chi connectivity index (χ3n) is 6.72. The largest absolute Gasteiger partial charge is 0.480 e. The number of alkyl halides is 2. The van der Waals surface area contributed by atoms with Gasteiger partial charge in [-0.1, -0.05) is 60.7 Å². The van der Waals surface area contributed by atoms with Crippen LogP contribution in [0.2, 0.25) is 0 Å². The average Bonchev–Trinajstić information content (AvgIpc) is 3.04. The summed E-state index contributed by atoms with van der Waals surface area (Å²) in [6.45, 7) is 0. The van der Waals surface area contributed by atoms with Crippen molar-refractivity contribution in [1.82, 2.24) is 0 Å². The van der Waals surface area contributed by atoms with E-state index in [0.717, 1.165) is 24.3 Å². The Morgan fingerprint density at radius 2 is 0.868 bits per heavy atom. The van der Waals surface area contributed by atoms with Gasteiger partial charge in [0.05, 0.1) is 5.30 Å². The Morgan fingerprint density at radius 1 is 0.566 bits per heavy atom. The molecule has 0 spiro atoms. The van der Waals surface area contributed by atoms with E-state index in [0.29, 0.717) is 16.7 Å². The number of carbonyl (C=O) groups is 4. The summed E-state index contributed by atoms with van der Waals surface area (Å²) in [5, 5.41) is 25.7. The number of carbonyl (C=O) groups excluding carboxylic acids is 1. The highest BCUT2D eigenvalue weighted by molar-refractivity contribution is 7.70. The lowest BCUT2D eigenvalue weighted by atomic mass is 10.0. The summed E-state index contributed by atoms with van der Waals surface area (Å²) >= 11 is 0. The van der Waals surface area contributed by atoms with Gasteiger partial charge in [-0.2, -0.15) is 8.78 Å². The third kappa shape index (κ3) is 15.4. The smallest absolute Gasteiger partial charge is 0.399 e. The molecule has 0 aliphatic carbocycles. The molecule has 0 saturated heterocycles. The normalized spacial score (nSPS) is 13.6. The van der Waals surface area contributed by atoms with Crippen LogP contribution in [-0.2, 0) is 53.0 Å². The lowest BCUT2D eigenvalue weighted by Gasteiger charge is -2.18. The van der Waals surface area contributed by atoms with E-state index in [1.54, 1.807) is 0 Å². The highest BCUT2D eigenvalue weighted by Gasteiger charge is 2.50. The molecule has 0 aliphatic rings. The van der Waals surface area contributed by atoms with E-state index < -0.39 is 75.6 Å². The molecular formula is C29H36F2N3O16P3. The number of benzene rings is 3. The van der Waals surface area contributed by atoms with Gasteiger partial charge in [0.15, 0.2) is 0 Å². The van der Waals surface area contributed by atoms with Crippen LogP contribution in [-0.4, -0.2) is 86.2 Å². The molecule has 0 fully saturated rings. The molecular weight excluding hydrogens is 777 g/mol. The summed E-state index contributed by atoms with van der Waals surface area (Å²) in [5.41, 5.74) is 11.0. The Hall–Kier alpha value is -4.07. The maximum atomic E-state index is 13.3. The zero-order valence-corrected chi connectivity index (χ0v) is 29.7. The number of aliphatic carboxylic acids is 3. The van der Waals surface area contributed by atoms with Crippen molar-refractivity contribution in [3.8, 4) is 0 Å². The van der Waals surface area contributed by atoms with Crippen LogP contribution < -0.4 is 22.5 Å². The standard InChI is InChI=1S/C10H12F2NO5P.C10H12NO6P.C9H12NO5P/c11-10(12,19(16,17)18)7-3-1-6(2-4-7)5-8(13)9(14)15;11-8(9(12)13)5-6-1-3-7(4-2-6)10(14)18(15,16)17;10-8(9(11)12)5-6-1-3-7(4-2-6)16(13,14)15/h1-4,8H,5,13H2,(H,14,15)(H2,16,17,18);1-4,8H,5,11H2,(H,12,13)(H2,15,16,17);1-4,8H,5,10H2,(H,11,12)(H2,13,14,15)/t3*8-/m000/s1. The number of nitrogens with two attached hydrogens (primary N) is 3. The van der Waals surface area contributed by atoms with Gasteiger partial charge in [-0.05, 0) is 48.1 Å². The SMILES string of the molecule is N[C@@H](Cc1ccc(C(=O)P(=O)(O)O)cc1)C(=O)O.N[C@@H](Cc1ccc(C(F)(F)P(=O)(O)O)cc1)C(=O)O.N[C@@H](Cc1ccc(P(=O)(O)O)cc1)C(=O)O. The van der Waals surface area contributed by atoms with Crippen molar-refractivity contribution in [1.29, 1.82) is 0 Å². The van der Waals surface area contributed by atoms with Crippen LogP contribution in [0.4, 0.5) is 8.78 Å². The molecule has 19 nitrogen and oxygen atoms in total. The molecule has 0 bridgehead atoms. The van der Waals surface area contributed by atoms with E-state index in [1.165, 1.54) is 48.5 Å². The number of rotatable bonds is 14. The lowest BCUT2D eigenvalue weighted by Crippen LogP contribution is -2.32. The fraction of sp³-hybridized carbons (Fsp3) is 0.241. The molecule has 0 aliphatic heterocycles.